The molecule has 2 amide bonds. The molecule has 0 bridgehead atoms. The summed E-state index contributed by atoms with van der Waals surface area (Å²) in [5.74, 6) is -1.12. The van der Waals surface area contributed by atoms with Gasteiger partial charge in [-0.15, -0.1) is 0 Å². The second-order valence-corrected chi connectivity index (χ2v) is 7.83. The van der Waals surface area contributed by atoms with Crippen LogP contribution in [0.1, 0.15) is 30.0 Å². The second-order valence-electron chi connectivity index (χ2n) is 7.83. The molecule has 0 saturated carbocycles. The Hall–Kier alpha value is -3.81. The van der Waals surface area contributed by atoms with Crippen molar-refractivity contribution in [3.63, 3.8) is 0 Å². The minimum Gasteiger partial charge on any atom is -0.508 e. The van der Waals surface area contributed by atoms with E-state index in [1.165, 1.54) is 24.3 Å². The summed E-state index contributed by atoms with van der Waals surface area (Å²) >= 11 is 0. The average Bonchev–Trinajstić information content (AvgIpc) is 2.83. The van der Waals surface area contributed by atoms with Gasteiger partial charge in [0.2, 0.25) is 11.8 Å². The topological polar surface area (TPSA) is 69.6 Å². The van der Waals surface area contributed by atoms with Gasteiger partial charge in [0.15, 0.2) is 0 Å². The normalized spacial score (nSPS) is 12.5. The Kier molecular flexibility index (Phi) is 10.3. The van der Waals surface area contributed by atoms with Crippen LogP contribution in [0.5, 0.6) is 5.75 Å². The summed E-state index contributed by atoms with van der Waals surface area (Å²) in [7, 11) is 0. The van der Waals surface area contributed by atoms with Gasteiger partial charge in [0, 0.05) is 19.5 Å². The summed E-state index contributed by atoms with van der Waals surface area (Å²) in [4.78, 5) is 27.4. The minimum absolute atomic E-state index is 0.0668. The number of benzene rings is 2. The van der Waals surface area contributed by atoms with Gasteiger partial charge in [-0.3, -0.25) is 9.59 Å². The molecule has 0 fully saturated rings. The van der Waals surface area contributed by atoms with Gasteiger partial charge < -0.3 is 15.3 Å². The van der Waals surface area contributed by atoms with E-state index in [1.807, 2.05) is 0 Å². The van der Waals surface area contributed by atoms with Gasteiger partial charge in [-0.05, 0) is 35.3 Å². The highest BCUT2D eigenvalue weighted by molar-refractivity contribution is 5.89. The first-order chi connectivity index (χ1) is 16.6. The van der Waals surface area contributed by atoms with Crippen LogP contribution in [0, 0.1) is 0 Å². The van der Waals surface area contributed by atoms with Crippen LogP contribution in [0.2, 0.25) is 0 Å². The summed E-state index contributed by atoms with van der Waals surface area (Å²) in [5, 5.41) is 12.1. The Morgan fingerprint density at radius 1 is 1.06 bits per heavy atom. The zero-order valence-corrected chi connectivity index (χ0v) is 19.3. The van der Waals surface area contributed by atoms with Crippen LogP contribution in [0.4, 0.5) is 13.2 Å². The lowest BCUT2D eigenvalue weighted by Gasteiger charge is -2.32. The molecule has 0 saturated heterocycles. The number of halogens is 3. The maximum atomic E-state index is 13.2. The molecule has 0 aromatic heterocycles. The van der Waals surface area contributed by atoms with Crippen LogP contribution in [0.3, 0.4) is 0 Å². The average molecular weight is 487 g/mol. The van der Waals surface area contributed by atoms with E-state index in [9.17, 15) is 27.9 Å². The van der Waals surface area contributed by atoms with Gasteiger partial charge >= 0.3 is 6.18 Å². The maximum absolute atomic E-state index is 13.2. The highest BCUT2D eigenvalue weighted by atomic mass is 19.4. The lowest BCUT2D eigenvalue weighted by Crippen LogP contribution is -2.45. The third-order valence-corrected chi connectivity index (χ3v) is 5.26. The smallest absolute Gasteiger partial charge is 0.390 e. The van der Waals surface area contributed by atoms with Crippen molar-refractivity contribution in [1.29, 1.82) is 0 Å². The summed E-state index contributed by atoms with van der Waals surface area (Å²) in [5.41, 5.74) is 1.79. The number of nitrogens with zero attached hydrogens (tertiary/aromatic N) is 1. The number of allylic oxidation sites excluding steroid dienone is 2. The van der Waals surface area contributed by atoms with Crippen molar-refractivity contribution in [2.24, 2.45) is 0 Å². The Labute approximate surface area is 203 Å². The third kappa shape index (κ3) is 9.16. The number of carbonyl (C=O) groups is 2. The van der Waals surface area contributed by atoms with E-state index in [0.717, 1.165) is 10.5 Å². The van der Waals surface area contributed by atoms with Gasteiger partial charge in [0.25, 0.3) is 0 Å². The number of phenolic OH excluding ortho intramolecular Hbond substituents is 1. The fraction of sp³-hybridized carbons (Fsp3) is 0.259. The number of rotatable bonds is 12. The Balaban J connectivity index is 2.33. The van der Waals surface area contributed by atoms with E-state index in [1.54, 1.807) is 48.5 Å². The van der Waals surface area contributed by atoms with Gasteiger partial charge in [0.1, 0.15) is 11.8 Å². The number of aryl methyl sites for hydroxylation is 1. The first kappa shape index (κ1) is 27.4. The van der Waals surface area contributed by atoms with Crippen LogP contribution in [0.25, 0.3) is 0 Å². The van der Waals surface area contributed by atoms with Crippen molar-refractivity contribution in [1.82, 2.24) is 10.2 Å². The number of aromatic hydroxyl groups is 1. The van der Waals surface area contributed by atoms with Crippen molar-refractivity contribution in [3.8, 4) is 5.75 Å². The maximum Gasteiger partial charge on any atom is 0.390 e. The predicted octanol–water partition coefficient (Wildman–Crippen LogP) is 5.26. The standard InChI is InChI=1S/C27H29F3N2O3/c1-3-8-20(4-2)19-31-26(35)25(22-9-6-5-7-10-22)32(18-17-27(28,29)30)24(34)16-13-21-11-14-23(33)15-12-21/h3-12,14-15,25,33H,1-2,13,16-19H2,(H,31,35)/b20-8+. The monoisotopic (exact) mass is 486 g/mol. The molecule has 2 aromatic carbocycles. The summed E-state index contributed by atoms with van der Waals surface area (Å²) < 4.78 is 39.4. The number of nitrogens with one attached hydrogen (secondary N) is 1. The Morgan fingerprint density at radius 2 is 1.71 bits per heavy atom. The second kappa shape index (κ2) is 13.2. The fourth-order valence-corrected chi connectivity index (χ4v) is 3.45. The lowest BCUT2D eigenvalue weighted by molar-refractivity contribution is -0.152. The Morgan fingerprint density at radius 3 is 2.29 bits per heavy atom. The molecular weight excluding hydrogens is 457 g/mol. The van der Waals surface area contributed by atoms with Crippen LogP contribution >= 0.6 is 0 Å². The summed E-state index contributed by atoms with van der Waals surface area (Å²) in [6.45, 7) is 6.67. The van der Waals surface area contributed by atoms with Crippen molar-refractivity contribution in [2.45, 2.75) is 31.5 Å². The van der Waals surface area contributed by atoms with Crippen LogP contribution < -0.4 is 5.32 Å². The molecule has 0 heterocycles. The molecular formula is C27H29F3N2O3. The van der Waals surface area contributed by atoms with Crippen molar-refractivity contribution >= 4 is 11.8 Å². The summed E-state index contributed by atoms with van der Waals surface area (Å²) in [6.07, 6.45) is -0.904. The molecule has 0 spiro atoms. The molecule has 2 N–H and O–H groups in total. The molecule has 0 radical (unpaired) electrons. The molecule has 1 atom stereocenters. The molecule has 35 heavy (non-hydrogen) atoms. The number of hydrogen-bond acceptors (Lipinski definition) is 3. The molecule has 8 heteroatoms. The van der Waals surface area contributed by atoms with Crippen LogP contribution in [-0.4, -0.2) is 41.1 Å². The van der Waals surface area contributed by atoms with E-state index in [0.29, 0.717) is 11.1 Å². The van der Waals surface area contributed by atoms with Crippen molar-refractivity contribution in [2.75, 3.05) is 13.1 Å². The predicted molar refractivity (Wildman–Crippen MR) is 129 cm³/mol. The molecule has 5 nitrogen and oxygen atoms in total. The van der Waals surface area contributed by atoms with Crippen LogP contribution in [0.15, 0.2) is 91.6 Å². The van der Waals surface area contributed by atoms with Gasteiger partial charge in [-0.1, -0.05) is 73.9 Å². The molecule has 2 rings (SSSR count). The molecule has 0 aliphatic carbocycles. The zero-order chi connectivity index (χ0) is 25.8. The Bertz CT molecular complexity index is 1030. The number of amides is 2. The van der Waals surface area contributed by atoms with Crippen molar-refractivity contribution in [3.05, 3.63) is 103 Å². The van der Waals surface area contributed by atoms with E-state index in [-0.39, 0.29) is 25.1 Å². The highest BCUT2D eigenvalue weighted by Gasteiger charge is 2.35. The van der Waals surface area contributed by atoms with E-state index in [4.69, 9.17) is 0 Å². The van der Waals surface area contributed by atoms with Gasteiger partial charge in [-0.2, -0.15) is 13.2 Å². The van der Waals surface area contributed by atoms with Crippen LogP contribution in [-0.2, 0) is 16.0 Å². The largest absolute Gasteiger partial charge is 0.508 e. The number of alkyl halides is 3. The van der Waals surface area contributed by atoms with Gasteiger partial charge in [0.05, 0.1) is 6.42 Å². The van der Waals surface area contributed by atoms with E-state index in [2.05, 4.69) is 18.5 Å². The first-order valence-corrected chi connectivity index (χ1v) is 11.1. The third-order valence-electron chi connectivity index (χ3n) is 5.26. The lowest BCUT2D eigenvalue weighted by atomic mass is 10.0. The van der Waals surface area contributed by atoms with Crippen molar-refractivity contribution < 1.29 is 27.9 Å². The van der Waals surface area contributed by atoms with E-state index < -0.39 is 37.0 Å². The zero-order valence-electron chi connectivity index (χ0n) is 19.3. The molecule has 0 aliphatic rings. The molecule has 0 aliphatic heterocycles. The molecule has 186 valence electrons. The minimum atomic E-state index is -4.50. The first-order valence-electron chi connectivity index (χ1n) is 11.1. The summed E-state index contributed by atoms with van der Waals surface area (Å²) in [6, 6.07) is 13.2. The SMILES string of the molecule is C=C/C=C(\C=C)CNC(=O)C(c1ccccc1)N(CCC(F)(F)F)C(=O)CCc1ccc(O)cc1. The fourth-order valence-electron chi connectivity index (χ4n) is 3.45. The molecule has 2 aromatic rings. The molecule has 1 unspecified atom stereocenters. The number of hydrogen-bond donors (Lipinski definition) is 2. The van der Waals surface area contributed by atoms with E-state index >= 15 is 0 Å². The highest BCUT2D eigenvalue weighted by Crippen LogP contribution is 2.27. The number of carbonyl (C=O) groups excluding carboxylic acids is 2. The van der Waals surface area contributed by atoms with Gasteiger partial charge in [-0.25, -0.2) is 0 Å². The number of phenols is 1. The quantitative estimate of drug-likeness (QED) is 0.402.